The molecule has 3 saturated heterocycles. The first-order valence-corrected chi connectivity index (χ1v) is 12.6. The Bertz CT molecular complexity index is 1320. The van der Waals surface area contributed by atoms with Gasteiger partial charge in [-0.3, -0.25) is 10.2 Å². The fourth-order valence-electron chi connectivity index (χ4n) is 5.09. The molecular formula is C26H27N7O5. The van der Waals surface area contributed by atoms with Gasteiger partial charge in [-0.25, -0.2) is 9.48 Å². The summed E-state index contributed by atoms with van der Waals surface area (Å²) in [5, 5.41) is 24.1. The Morgan fingerprint density at radius 3 is 2.74 bits per heavy atom. The fourth-order valence-corrected chi connectivity index (χ4v) is 5.09. The number of nitriles is 1. The van der Waals surface area contributed by atoms with Gasteiger partial charge in [-0.15, -0.1) is 5.10 Å². The summed E-state index contributed by atoms with van der Waals surface area (Å²) in [6, 6.07) is 16.6. The molecule has 38 heavy (non-hydrogen) atoms. The largest absolute Gasteiger partial charge is 0.441 e. The molecular weight excluding hydrogens is 490 g/mol. The van der Waals surface area contributed by atoms with Crippen LogP contribution >= 0.6 is 0 Å². The summed E-state index contributed by atoms with van der Waals surface area (Å²) in [5.74, 6) is 0.625. The Morgan fingerprint density at radius 2 is 1.92 bits per heavy atom. The van der Waals surface area contributed by atoms with Crippen molar-refractivity contribution in [2.24, 2.45) is 0 Å². The standard InChI is InChI=1S/C26H27N7O5/c27-13-18-2-1-3-20(12-18)28-26(34)38-22-16-37-23-21(15-36-24(22)23)33-25(29-30-31-33)19-6-4-17(5-7-19)14-32-8-10-35-11-9-32/h1-7,12,21-24H,8-11,14-16H2,(H,28,34). The molecule has 0 radical (unpaired) electrons. The number of amides is 1. The van der Waals surface area contributed by atoms with Gasteiger partial charge in [-0.2, -0.15) is 5.26 Å². The van der Waals surface area contributed by atoms with E-state index in [2.05, 4.69) is 37.9 Å². The average molecular weight is 518 g/mol. The molecule has 0 spiro atoms. The number of carbonyl (C=O) groups excluding carboxylic acids is 1. The maximum Gasteiger partial charge on any atom is 0.412 e. The Kier molecular flexibility index (Phi) is 6.98. The van der Waals surface area contributed by atoms with Gasteiger partial charge < -0.3 is 18.9 Å². The minimum atomic E-state index is -0.637. The zero-order valence-corrected chi connectivity index (χ0v) is 20.6. The lowest BCUT2D eigenvalue weighted by molar-refractivity contribution is 0.00774. The number of nitrogens with one attached hydrogen (secondary N) is 1. The zero-order valence-electron chi connectivity index (χ0n) is 20.6. The Morgan fingerprint density at radius 1 is 1.11 bits per heavy atom. The number of benzene rings is 2. The van der Waals surface area contributed by atoms with Gasteiger partial charge in [0.15, 0.2) is 11.9 Å². The summed E-state index contributed by atoms with van der Waals surface area (Å²) in [6.45, 7) is 4.82. The molecule has 3 aliphatic rings. The summed E-state index contributed by atoms with van der Waals surface area (Å²) in [6.07, 6.45) is -2.02. The van der Waals surface area contributed by atoms with E-state index in [4.69, 9.17) is 24.2 Å². The van der Waals surface area contributed by atoms with Crippen molar-refractivity contribution in [2.75, 3.05) is 44.8 Å². The second-order valence-corrected chi connectivity index (χ2v) is 9.46. The van der Waals surface area contributed by atoms with Crippen LogP contribution in [0.1, 0.15) is 17.2 Å². The lowest BCUT2D eigenvalue weighted by Gasteiger charge is -2.26. The number of rotatable bonds is 6. The highest BCUT2D eigenvalue weighted by Crippen LogP contribution is 2.37. The molecule has 1 N–H and O–H groups in total. The molecule has 12 heteroatoms. The van der Waals surface area contributed by atoms with Gasteiger partial charge in [0.2, 0.25) is 0 Å². The van der Waals surface area contributed by atoms with Gasteiger partial charge in [-0.05, 0) is 34.2 Å². The highest BCUT2D eigenvalue weighted by atomic mass is 16.6. The minimum Gasteiger partial charge on any atom is -0.441 e. The maximum atomic E-state index is 12.5. The molecule has 0 bridgehead atoms. The van der Waals surface area contributed by atoms with Gasteiger partial charge in [-0.1, -0.05) is 30.3 Å². The number of carbonyl (C=O) groups is 1. The van der Waals surface area contributed by atoms with E-state index in [0.717, 1.165) is 38.4 Å². The third-order valence-electron chi connectivity index (χ3n) is 7.01. The molecule has 3 aliphatic heterocycles. The maximum absolute atomic E-state index is 12.5. The van der Waals surface area contributed by atoms with Crippen molar-refractivity contribution >= 4 is 11.8 Å². The van der Waals surface area contributed by atoms with E-state index in [1.807, 2.05) is 18.2 Å². The number of tetrazole rings is 1. The average Bonchev–Trinajstić information content (AvgIpc) is 3.68. The summed E-state index contributed by atoms with van der Waals surface area (Å²) in [5.41, 5.74) is 3.03. The third kappa shape index (κ3) is 5.09. The topological polar surface area (TPSA) is 137 Å². The summed E-state index contributed by atoms with van der Waals surface area (Å²) >= 11 is 0. The predicted molar refractivity (Wildman–Crippen MR) is 133 cm³/mol. The zero-order chi connectivity index (χ0) is 25.9. The lowest BCUT2D eigenvalue weighted by Crippen LogP contribution is -2.35. The van der Waals surface area contributed by atoms with E-state index in [0.29, 0.717) is 23.7 Å². The molecule has 0 aliphatic carbocycles. The molecule has 3 aromatic rings. The Hall–Kier alpha value is -3.89. The van der Waals surface area contributed by atoms with Gasteiger partial charge in [0.05, 0.1) is 38.1 Å². The van der Waals surface area contributed by atoms with E-state index in [9.17, 15) is 4.79 Å². The molecule has 2 aromatic carbocycles. The molecule has 3 fully saturated rings. The van der Waals surface area contributed by atoms with Crippen molar-refractivity contribution in [3.63, 3.8) is 0 Å². The number of aromatic nitrogens is 4. The highest BCUT2D eigenvalue weighted by Gasteiger charge is 2.51. The van der Waals surface area contributed by atoms with Crippen LogP contribution in [0.3, 0.4) is 0 Å². The van der Waals surface area contributed by atoms with Crippen LogP contribution in [0.25, 0.3) is 11.4 Å². The molecule has 1 amide bonds. The quantitative estimate of drug-likeness (QED) is 0.517. The monoisotopic (exact) mass is 517 g/mol. The third-order valence-corrected chi connectivity index (χ3v) is 7.01. The highest BCUT2D eigenvalue weighted by molar-refractivity contribution is 5.85. The van der Waals surface area contributed by atoms with Gasteiger partial charge in [0.25, 0.3) is 0 Å². The van der Waals surface area contributed by atoms with Crippen molar-refractivity contribution in [1.82, 2.24) is 25.1 Å². The number of fused-ring (bicyclic) bond motifs is 1. The summed E-state index contributed by atoms with van der Waals surface area (Å²) in [7, 11) is 0. The van der Waals surface area contributed by atoms with Crippen molar-refractivity contribution in [3.05, 3.63) is 59.7 Å². The smallest absolute Gasteiger partial charge is 0.412 e. The van der Waals surface area contributed by atoms with Crippen LogP contribution in [0.4, 0.5) is 10.5 Å². The van der Waals surface area contributed by atoms with Crippen LogP contribution in [0, 0.1) is 11.3 Å². The SMILES string of the molecule is N#Cc1cccc(NC(=O)OC2COC3C2OCC3n2nnnc2-c2ccc(CN3CCOCC3)cc2)c1. The summed E-state index contributed by atoms with van der Waals surface area (Å²) in [4.78, 5) is 14.9. The van der Waals surface area contributed by atoms with Crippen LogP contribution < -0.4 is 5.32 Å². The molecule has 4 heterocycles. The Labute approximate surface area is 219 Å². The van der Waals surface area contributed by atoms with E-state index >= 15 is 0 Å². The first kappa shape index (κ1) is 24.4. The van der Waals surface area contributed by atoms with E-state index in [-0.39, 0.29) is 18.8 Å². The first-order chi connectivity index (χ1) is 18.7. The predicted octanol–water partition coefficient (Wildman–Crippen LogP) is 2.00. The van der Waals surface area contributed by atoms with Crippen molar-refractivity contribution in [1.29, 1.82) is 5.26 Å². The van der Waals surface area contributed by atoms with Crippen LogP contribution in [-0.4, -0.2) is 89.0 Å². The summed E-state index contributed by atoms with van der Waals surface area (Å²) < 4.78 is 24.8. The van der Waals surface area contributed by atoms with Crippen molar-refractivity contribution < 1.29 is 23.7 Å². The Balaban J connectivity index is 1.09. The minimum absolute atomic E-state index is 0.200. The molecule has 4 unspecified atom stereocenters. The van der Waals surface area contributed by atoms with E-state index in [1.165, 1.54) is 5.56 Å². The van der Waals surface area contributed by atoms with Gasteiger partial charge in [0.1, 0.15) is 18.2 Å². The van der Waals surface area contributed by atoms with E-state index in [1.54, 1.807) is 28.9 Å². The molecule has 4 atom stereocenters. The number of ether oxygens (including phenoxy) is 4. The number of morpholine rings is 1. The number of anilines is 1. The molecule has 196 valence electrons. The van der Waals surface area contributed by atoms with Crippen molar-refractivity contribution in [3.8, 4) is 17.5 Å². The number of hydrogen-bond donors (Lipinski definition) is 1. The normalized spacial score (nSPS) is 25.0. The van der Waals surface area contributed by atoms with Crippen molar-refractivity contribution in [2.45, 2.75) is 30.9 Å². The van der Waals surface area contributed by atoms with Crippen LogP contribution in [0.2, 0.25) is 0 Å². The first-order valence-electron chi connectivity index (χ1n) is 12.6. The van der Waals surface area contributed by atoms with Gasteiger partial charge >= 0.3 is 6.09 Å². The lowest BCUT2D eigenvalue weighted by atomic mass is 10.1. The molecule has 1 aromatic heterocycles. The molecule has 12 nitrogen and oxygen atoms in total. The number of hydrogen-bond acceptors (Lipinski definition) is 10. The van der Waals surface area contributed by atoms with Crippen LogP contribution in [0.5, 0.6) is 0 Å². The molecule has 0 saturated carbocycles. The van der Waals surface area contributed by atoms with Gasteiger partial charge in [0, 0.05) is 30.9 Å². The fraction of sp³-hybridized carbons (Fsp3) is 0.423. The molecule has 6 rings (SSSR count). The van der Waals surface area contributed by atoms with Crippen LogP contribution in [-0.2, 0) is 25.5 Å². The number of nitrogens with zero attached hydrogens (tertiary/aromatic N) is 6. The van der Waals surface area contributed by atoms with E-state index < -0.39 is 18.3 Å². The second-order valence-electron chi connectivity index (χ2n) is 9.46. The second kappa shape index (κ2) is 10.8. The van der Waals surface area contributed by atoms with Crippen LogP contribution in [0.15, 0.2) is 48.5 Å².